The van der Waals surface area contributed by atoms with Gasteiger partial charge in [-0.25, -0.2) is 0 Å². The zero-order chi connectivity index (χ0) is 17.0. The van der Waals surface area contributed by atoms with Gasteiger partial charge in [0, 0.05) is 0 Å². The molecule has 0 aromatic heterocycles. The van der Waals surface area contributed by atoms with Gasteiger partial charge in [-0.15, -0.1) is 0 Å². The van der Waals surface area contributed by atoms with Crippen LogP contribution in [0.4, 0.5) is 0 Å². The Morgan fingerprint density at radius 3 is 1.16 bits per heavy atom. The van der Waals surface area contributed by atoms with Crippen molar-refractivity contribution in [3.8, 4) is 0 Å². The van der Waals surface area contributed by atoms with Crippen LogP contribution in [0.25, 0.3) is 0 Å². The van der Waals surface area contributed by atoms with E-state index in [0.29, 0.717) is 26.4 Å². The number of nitrogens with zero attached hydrogens (tertiary/aromatic N) is 2. The molecule has 2 aliphatic heterocycles. The molecular formula is C18H34N2O4Sn. The van der Waals surface area contributed by atoms with Crippen molar-refractivity contribution in [1.29, 1.82) is 0 Å². The van der Waals surface area contributed by atoms with Crippen molar-refractivity contribution >= 4 is 20.0 Å². The molecule has 6 nitrogen and oxygen atoms in total. The van der Waals surface area contributed by atoms with Crippen molar-refractivity contribution in [2.24, 2.45) is 0 Å². The summed E-state index contributed by atoms with van der Waals surface area (Å²) in [7, 11) is 0. The Balaban J connectivity index is 1.27. The molecule has 0 aromatic carbocycles. The fourth-order valence-electron chi connectivity index (χ4n) is 4.89. The number of rotatable bonds is 2. The van der Waals surface area contributed by atoms with Crippen LogP contribution in [0, 0.1) is 0 Å². The van der Waals surface area contributed by atoms with Crippen LogP contribution in [0.2, 0.25) is 0 Å². The van der Waals surface area contributed by atoms with E-state index in [-0.39, 0.29) is 0 Å². The molecule has 0 bridgehead atoms. The van der Waals surface area contributed by atoms with Gasteiger partial charge in [-0.2, -0.15) is 0 Å². The van der Waals surface area contributed by atoms with Crippen molar-refractivity contribution in [3.63, 3.8) is 0 Å². The van der Waals surface area contributed by atoms with Crippen molar-refractivity contribution in [2.45, 2.75) is 63.5 Å². The molecule has 2 aliphatic carbocycles. The number of hydrogen-bond donors (Lipinski definition) is 0. The van der Waals surface area contributed by atoms with Gasteiger partial charge in [-0.1, -0.05) is 0 Å². The molecule has 2 saturated heterocycles. The maximum atomic E-state index is 6.18. The summed E-state index contributed by atoms with van der Waals surface area (Å²) in [6.07, 6.45) is 10.8. The maximum absolute atomic E-state index is 6.18. The van der Waals surface area contributed by atoms with E-state index >= 15 is 0 Å². The molecule has 0 N–H and O–H groups in total. The summed E-state index contributed by atoms with van der Waals surface area (Å²) in [5.41, 5.74) is 0. The average molecular weight is 461 g/mol. The standard InChI is InChI=1S/2C9H17NO2.Sn/c2*11-7-5-10(6-8-12)9-3-1-2-4-9;/h2*9H,1-8H2;/q2*-2;+4. The van der Waals surface area contributed by atoms with Gasteiger partial charge in [-0.05, 0) is 0 Å². The molecule has 4 aliphatic rings. The molecule has 0 atom stereocenters. The topological polar surface area (TPSA) is 43.4 Å². The normalized spacial score (nSPS) is 31.7. The SMILES string of the molecule is C1CCC(N2CC[O][Sn]3([O]CC2)[O]CCN(C2CCCC2)CC[O]3)C1. The molecule has 2 saturated carbocycles. The zero-order valence-corrected chi connectivity index (χ0v) is 18.3. The molecule has 0 aromatic rings. The Bertz CT molecular complexity index is 354. The van der Waals surface area contributed by atoms with E-state index in [1.807, 2.05) is 0 Å². The van der Waals surface area contributed by atoms with Gasteiger partial charge in [0.15, 0.2) is 0 Å². The van der Waals surface area contributed by atoms with E-state index in [4.69, 9.17) is 12.3 Å². The molecule has 1 spiro atoms. The Kier molecular flexibility index (Phi) is 6.93. The van der Waals surface area contributed by atoms with Crippen LogP contribution in [0.5, 0.6) is 0 Å². The Hall–Kier alpha value is 0.559. The second kappa shape index (κ2) is 9.17. The zero-order valence-electron chi connectivity index (χ0n) is 15.5. The average Bonchev–Trinajstić information content (AvgIpc) is 3.27. The van der Waals surface area contributed by atoms with Gasteiger partial charge >= 0.3 is 158 Å². The van der Waals surface area contributed by atoms with Crippen molar-refractivity contribution in [2.75, 3.05) is 52.6 Å². The Labute approximate surface area is 158 Å². The summed E-state index contributed by atoms with van der Waals surface area (Å²) in [5.74, 6) is 0. The van der Waals surface area contributed by atoms with Crippen LogP contribution in [0.15, 0.2) is 0 Å². The minimum absolute atomic E-state index is 0.693. The molecule has 2 heterocycles. The van der Waals surface area contributed by atoms with Crippen molar-refractivity contribution in [1.82, 2.24) is 9.80 Å². The van der Waals surface area contributed by atoms with Gasteiger partial charge in [-0.3, -0.25) is 0 Å². The first-order valence-electron chi connectivity index (χ1n) is 10.4. The van der Waals surface area contributed by atoms with E-state index in [1.165, 1.54) is 51.4 Å². The van der Waals surface area contributed by atoms with E-state index in [0.717, 1.165) is 38.3 Å². The predicted molar refractivity (Wildman–Crippen MR) is 97.2 cm³/mol. The summed E-state index contributed by atoms with van der Waals surface area (Å²) in [4.78, 5) is 5.10. The third kappa shape index (κ3) is 4.89. The van der Waals surface area contributed by atoms with Crippen LogP contribution < -0.4 is 0 Å². The first-order chi connectivity index (χ1) is 12.3. The minimum atomic E-state index is -3.77. The van der Waals surface area contributed by atoms with Crippen molar-refractivity contribution < 1.29 is 12.3 Å². The summed E-state index contributed by atoms with van der Waals surface area (Å²) >= 11 is -3.77. The fraction of sp³-hybridized carbons (Fsp3) is 1.00. The molecule has 0 unspecified atom stereocenters. The van der Waals surface area contributed by atoms with Crippen LogP contribution in [-0.2, 0) is 12.3 Å². The monoisotopic (exact) mass is 462 g/mol. The molecule has 0 amide bonds. The third-order valence-corrected chi connectivity index (χ3v) is 12.7. The van der Waals surface area contributed by atoms with Crippen LogP contribution in [0.1, 0.15) is 51.4 Å². The van der Waals surface area contributed by atoms with E-state index in [9.17, 15) is 0 Å². The van der Waals surface area contributed by atoms with Gasteiger partial charge in [0.25, 0.3) is 0 Å². The van der Waals surface area contributed by atoms with Crippen molar-refractivity contribution in [3.05, 3.63) is 0 Å². The van der Waals surface area contributed by atoms with E-state index in [1.54, 1.807) is 0 Å². The van der Waals surface area contributed by atoms with Gasteiger partial charge < -0.3 is 0 Å². The molecular weight excluding hydrogens is 427 g/mol. The summed E-state index contributed by atoms with van der Waals surface area (Å²) in [6.45, 7) is 6.75. The first kappa shape index (κ1) is 18.9. The Morgan fingerprint density at radius 2 is 0.840 bits per heavy atom. The summed E-state index contributed by atoms with van der Waals surface area (Å²) in [6, 6.07) is 1.46. The number of hydrogen-bond acceptors (Lipinski definition) is 6. The predicted octanol–water partition coefficient (Wildman–Crippen LogP) is 2.00. The molecule has 0 radical (unpaired) electrons. The third-order valence-electron chi connectivity index (χ3n) is 6.31. The van der Waals surface area contributed by atoms with E-state index < -0.39 is 20.0 Å². The second-order valence-corrected chi connectivity index (χ2v) is 14.0. The van der Waals surface area contributed by atoms with Crippen LogP contribution in [-0.4, -0.2) is 94.5 Å². The molecule has 4 fully saturated rings. The summed E-state index contributed by atoms with van der Waals surface area (Å²) < 4.78 is 24.7. The van der Waals surface area contributed by atoms with Gasteiger partial charge in [0.2, 0.25) is 0 Å². The van der Waals surface area contributed by atoms with E-state index in [2.05, 4.69) is 9.80 Å². The molecule has 25 heavy (non-hydrogen) atoms. The first-order valence-corrected chi connectivity index (χ1v) is 15.0. The Morgan fingerprint density at radius 1 is 0.520 bits per heavy atom. The summed E-state index contributed by atoms with van der Waals surface area (Å²) in [5, 5.41) is 0. The molecule has 4 rings (SSSR count). The van der Waals surface area contributed by atoms with Gasteiger partial charge in [0.1, 0.15) is 0 Å². The second-order valence-electron chi connectivity index (χ2n) is 7.84. The van der Waals surface area contributed by atoms with Crippen LogP contribution >= 0.6 is 0 Å². The van der Waals surface area contributed by atoms with Crippen LogP contribution in [0.3, 0.4) is 0 Å². The van der Waals surface area contributed by atoms with Gasteiger partial charge in [0.05, 0.1) is 0 Å². The quantitative estimate of drug-likeness (QED) is 0.587. The molecule has 7 heteroatoms. The fourth-order valence-corrected chi connectivity index (χ4v) is 10.2. The molecule has 144 valence electrons.